The van der Waals surface area contributed by atoms with E-state index in [1.807, 2.05) is 38.2 Å². The molecule has 0 radical (unpaired) electrons. The van der Waals surface area contributed by atoms with Gasteiger partial charge in [0.15, 0.2) is 5.13 Å². The van der Waals surface area contributed by atoms with E-state index in [9.17, 15) is 0 Å². The first-order valence-electron chi connectivity index (χ1n) is 5.32. The van der Waals surface area contributed by atoms with Crippen molar-refractivity contribution in [3.05, 3.63) is 34.2 Å². The number of rotatable bonds is 3. The number of nitrogens with zero attached hydrogens (tertiary/aromatic N) is 1. The predicted octanol–water partition coefficient (Wildman–Crippen LogP) is 3.52. The zero-order chi connectivity index (χ0) is 12.4. The van der Waals surface area contributed by atoms with E-state index in [-0.39, 0.29) is 6.04 Å². The van der Waals surface area contributed by atoms with Crippen LogP contribution in [0.15, 0.2) is 24.3 Å². The fourth-order valence-electron chi connectivity index (χ4n) is 1.59. The van der Waals surface area contributed by atoms with E-state index in [4.69, 9.17) is 17.3 Å². The minimum Gasteiger partial charge on any atom is -0.365 e. The van der Waals surface area contributed by atoms with Gasteiger partial charge in [0.2, 0.25) is 0 Å². The Morgan fingerprint density at radius 2 is 2.24 bits per heavy atom. The number of benzene rings is 1. The van der Waals surface area contributed by atoms with E-state index in [0.29, 0.717) is 5.02 Å². The summed E-state index contributed by atoms with van der Waals surface area (Å²) in [6.45, 7) is 1.96. The van der Waals surface area contributed by atoms with Gasteiger partial charge in [-0.1, -0.05) is 35.1 Å². The number of hydrogen-bond donors (Lipinski definition) is 2. The van der Waals surface area contributed by atoms with Crippen LogP contribution in [0.1, 0.15) is 17.8 Å². The molecule has 0 saturated heterocycles. The van der Waals surface area contributed by atoms with Crippen LogP contribution < -0.4 is 11.1 Å². The first-order valence-corrected chi connectivity index (χ1v) is 6.51. The van der Waals surface area contributed by atoms with Crippen molar-refractivity contribution in [3.8, 4) is 11.3 Å². The van der Waals surface area contributed by atoms with E-state index in [0.717, 1.165) is 21.3 Å². The van der Waals surface area contributed by atoms with E-state index < -0.39 is 0 Å². The van der Waals surface area contributed by atoms with Crippen LogP contribution >= 0.6 is 22.9 Å². The summed E-state index contributed by atoms with van der Waals surface area (Å²) in [5.41, 5.74) is 7.88. The predicted molar refractivity (Wildman–Crippen MR) is 74.7 cm³/mol. The molecule has 0 bridgehead atoms. The number of nitrogens with two attached hydrogens (primary N) is 1. The highest BCUT2D eigenvalue weighted by Crippen LogP contribution is 2.35. The Labute approximate surface area is 110 Å². The lowest BCUT2D eigenvalue weighted by atomic mass is 10.1. The number of halogens is 1. The molecule has 2 aromatic rings. The van der Waals surface area contributed by atoms with Crippen LogP contribution in [-0.4, -0.2) is 12.0 Å². The number of hydrogen-bond acceptors (Lipinski definition) is 4. The molecule has 1 atom stereocenters. The van der Waals surface area contributed by atoms with E-state index in [2.05, 4.69) is 10.3 Å². The summed E-state index contributed by atoms with van der Waals surface area (Å²) in [6.07, 6.45) is 0. The Bertz CT molecular complexity index is 522. The molecule has 17 heavy (non-hydrogen) atoms. The third-order valence-electron chi connectivity index (χ3n) is 2.38. The summed E-state index contributed by atoms with van der Waals surface area (Å²) in [7, 11) is 1.85. The van der Waals surface area contributed by atoms with Gasteiger partial charge in [-0.2, -0.15) is 0 Å². The highest BCUT2D eigenvalue weighted by atomic mass is 35.5. The molecule has 0 aliphatic heterocycles. The summed E-state index contributed by atoms with van der Waals surface area (Å²) in [6, 6.07) is 7.63. The average Bonchev–Trinajstić information content (AvgIpc) is 2.73. The topological polar surface area (TPSA) is 50.9 Å². The Morgan fingerprint density at radius 1 is 1.47 bits per heavy atom. The first kappa shape index (κ1) is 12.4. The standard InChI is InChI=1S/C12H14ClN3S/c1-7(14)11-10(16-12(15-2)17-11)8-4-3-5-9(13)6-8/h3-7H,14H2,1-2H3,(H,15,16). The Balaban J connectivity index is 2.53. The van der Waals surface area contributed by atoms with E-state index >= 15 is 0 Å². The number of aromatic nitrogens is 1. The largest absolute Gasteiger partial charge is 0.365 e. The average molecular weight is 268 g/mol. The van der Waals surface area contributed by atoms with Crippen molar-refractivity contribution in [1.82, 2.24) is 4.98 Å². The molecule has 0 saturated carbocycles. The third kappa shape index (κ3) is 2.60. The van der Waals surface area contributed by atoms with Gasteiger partial charge >= 0.3 is 0 Å². The summed E-state index contributed by atoms with van der Waals surface area (Å²) < 4.78 is 0. The molecule has 0 spiro atoms. The monoisotopic (exact) mass is 267 g/mol. The van der Waals surface area contributed by atoms with Crippen molar-refractivity contribution in [3.63, 3.8) is 0 Å². The third-order valence-corrected chi connectivity index (χ3v) is 3.89. The molecule has 0 fully saturated rings. The number of nitrogens with one attached hydrogen (secondary N) is 1. The zero-order valence-electron chi connectivity index (χ0n) is 9.70. The molecule has 1 unspecified atom stereocenters. The van der Waals surface area contributed by atoms with Crippen molar-refractivity contribution >= 4 is 28.1 Å². The summed E-state index contributed by atoms with van der Waals surface area (Å²) in [5, 5.41) is 4.62. The molecule has 90 valence electrons. The van der Waals surface area contributed by atoms with Crippen LogP contribution in [0.4, 0.5) is 5.13 Å². The van der Waals surface area contributed by atoms with Crippen LogP contribution in [0.25, 0.3) is 11.3 Å². The highest BCUT2D eigenvalue weighted by molar-refractivity contribution is 7.16. The smallest absolute Gasteiger partial charge is 0.183 e. The van der Waals surface area contributed by atoms with Gasteiger partial charge in [-0.15, -0.1) is 0 Å². The molecule has 2 rings (SSSR count). The van der Waals surface area contributed by atoms with Gasteiger partial charge < -0.3 is 11.1 Å². The van der Waals surface area contributed by atoms with Crippen molar-refractivity contribution in [2.75, 3.05) is 12.4 Å². The Kier molecular flexibility index (Phi) is 3.66. The summed E-state index contributed by atoms with van der Waals surface area (Å²) in [4.78, 5) is 5.60. The van der Waals surface area contributed by atoms with Crippen LogP contribution in [0, 0.1) is 0 Å². The second-order valence-corrected chi connectivity index (χ2v) is 5.25. The molecule has 0 aliphatic carbocycles. The number of thiazole rings is 1. The van der Waals surface area contributed by atoms with Crippen LogP contribution in [-0.2, 0) is 0 Å². The molecule has 1 aromatic heterocycles. The molecule has 3 N–H and O–H groups in total. The molecular weight excluding hydrogens is 254 g/mol. The van der Waals surface area contributed by atoms with Crippen molar-refractivity contribution in [1.29, 1.82) is 0 Å². The lowest BCUT2D eigenvalue weighted by Crippen LogP contribution is -2.04. The van der Waals surface area contributed by atoms with E-state index in [1.165, 1.54) is 0 Å². The molecule has 3 nitrogen and oxygen atoms in total. The molecule has 5 heteroatoms. The van der Waals surface area contributed by atoms with E-state index in [1.54, 1.807) is 11.3 Å². The minimum absolute atomic E-state index is 0.0384. The van der Waals surface area contributed by atoms with Crippen LogP contribution in [0.5, 0.6) is 0 Å². The fraction of sp³-hybridized carbons (Fsp3) is 0.250. The number of anilines is 1. The Hall–Kier alpha value is -1.10. The first-order chi connectivity index (χ1) is 8.11. The maximum absolute atomic E-state index is 6.00. The molecule has 1 aromatic carbocycles. The van der Waals surface area contributed by atoms with Crippen LogP contribution in [0.2, 0.25) is 5.02 Å². The SMILES string of the molecule is CNc1nc(-c2cccc(Cl)c2)c(C(C)N)s1. The fourth-order valence-corrected chi connectivity index (χ4v) is 2.67. The van der Waals surface area contributed by atoms with Crippen LogP contribution in [0.3, 0.4) is 0 Å². The lowest BCUT2D eigenvalue weighted by Gasteiger charge is -2.05. The van der Waals surface area contributed by atoms with Gasteiger partial charge in [-0.05, 0) is 19.1 Å². The van der Waals surface area contributed by atoms with Gasteiger partial charge in [0, 0.05) is 23.7 Å². The van der Waals surface area contributed by atoms with Crippen molar-refractivity contribution in [2.45, 2.75) is 13.0 Å². The van der Waals surface area contributed by atoms with Gasteiger partial charge in [-0.3, -0.25) is 0 Å². The second kappa shape index (κ2) is 5.04. The van der Waals surface area contributed by atoms with Gasteiger partial charge in [0.1, 0.15) is 0 Å². The molecular formula is C12H14ClN3S. The van der Waals surface area contributed by atoms with Crippen molar-refractivity contribution < 1.29 is 0 Å². The zero-order valence-corrected chi connectivity index (χ0v) is 11.3. The minimum atomic E-state index is -0.0384. The van der Waals surface area contributed by atoms with Gasteiger partial charge in [0.25, 0.3) is 0 Å². The normalized spacial score (nSPS) is 12.5. The molecule has 0 aliphatic rings. The quantitative estimate of drug-likeness (QED) is 0.895. The lowest BCUT2D eigenvalue weighted by molar-refractivity contribution is 0.837. The van der Waals surface area contributed by atoms with Gasteiger partial charge in [0.05, 0.1) is 10.6 Å². The highest BCUT2D eigenvalue weighted by Gasteiger charge is 2.15. The molecule has 0 amide bonds. The second-order valence-electron chi connectivity index (χ2n) is 3.78. The maximum Gasteiger partial charge on any atom is 0.183 e. The summed E-state index contributed by atoms with van der Waals surface area (Å²) in [5.74, 6) is 0. The summed E-state index contributed by atoms with van der Waals surface area (Å²) >= 11 is 7.57. The maximum atomic E-state index is 6.00. The van der Waals surface area contributed by atoms with Crippen molar-refractivity contribution in [2.24, 2.45) is 5.73 Å². The van der Waals surface area contributed by atoms with Gasteiger partial charge in [-0.25, -0.2) is 4.98 Å². The Morgan fingerprint density at radius 3 is 2.82 bits per heavy atom. The molecule has 1 heterocycles.